The Morgan fingerprint density at radius 1 is 1.30 bits per heavy atom. The molecule has 0 aromatic carbocycles. The Hall–Kier alpha value is -1.66. The minimum Gasteiger partial charge on any atom is -0.465 e. The molecule has 0 spiro atoms. The number of hydrogen-bond donors (Lipinski definition) is 1. The first-order valence-electron chi connectivity index (χ1n) is 6.12. The first-order chi connectivity index (χ1) is 9.58. The van der Waals surface area contributed by atoms with E-state index in [4.69, 9.17) is 4.74 Å². The lowest BCUT2D eigenvalue weighted by Crippen LogP contribution is -2.14. The Balaban J connectivity index is 2.24. The van der Waals surface area contributed by atoms with Crippen LogP contribution in [0.15, 0.2) is 16.8 Å². The van der Waals surface area contributed by atoms with Crippen LogP contribution < -0.4 is 5.32 Å². The monoisotopic (exact) mass is 309 g/mol. The molecule has 20 heavy (non-hydrogen) atoms. The Labute approximate surface area is 125 Å². The number of rotatable bonds is 4. The van der Waals surface area contributed by atoms with Crippen molar-refractivity contribution in [1.82, 2.24) is 0 Å². The van der Waals surface area contributed by atoms with Crippen molar-refractivity contribution in [2.75, 3.05) is 12.4 Å². The molecule has 106 valence electrons. The molecule has 2 aromatic rings. The van der Waals surface area contributed by atoms with Crippen LogP contribution in [0.4, 0.5) is 5.00 Å². The molecular weight excluding hydrogens is 294 g/mol. The highest BCUT2D eigenvalue weighted by Gasteiger charge is 2.19. The van der Waals surface area contributed by atoms with Gasteiger partial charge in [0.25, 0.3) is 5.91 Å². The topological polar surface area (TPSA) is 55.4 Å². The maximum absolute atomic E-state index is 12.3. The highest BCUT2D eigenvalue weighted by atomic mass is 32.1. The molecule has 0 aliphatic rings. The van der Waals surface area contributed by atoms with E-state index in [1.54, 1.807) is 22.8 Å². The number of aryl methyl sites for hydroxylation is 1. The van der Waals surface area contributed by atoms with E-state index in [0.717, 1.165) is 16.9 Å². The number of anilines is 1. The molecule has 0 aliphatic carbocycles. The molecule has 2 aromatic heterocycles. The van der Waals surface area contributed by atoms with E-state index in [-0.39, 0.29) is 5.91 Å². The molecule has 0 unspecified atom stereocenters. The van der Waals surface area contributed by atoms with Crippen LogP contribution in [0.5, 0.6) is 0 Å². The van der Waals surface area contributed by atoms with Gasteiger partial charge in [0.1, 0.15) is 5.00 Å². The minimum atomic E-state index is -0.446. The molecular formula is C14H15NO3S2. The molecule has 4 nitrogen and oxygen atoms in total. The number of thiophene rings is 2. The number of ether oxygens (including phenoxy) is 1. The fourth-order valence-electron chi connectivity index (χ4n) is 1.96. The Kier molecular flexibility index (Phi) is 4.57. The van der Waals surface area contributed by atoms with Gasteiger partial charge in [-0.25, -0.2) is 4.79 Å². The lowest BCUT2D eigenvalue weighted by Gasteiger charge is -2.06. The van der Waals surface area contributed by atoms with Gasteiger partial charge in [-0.15, -0.1) is 22.7 Å². The Morgan fingerprint density at radius 3 is 2.70 bits per heavy atom. The smallest absolute Gasteiger partial charge is 0.340 e. The summed E-state index contributed by atoms with van der Waals surface area (Å²) in [6.45, 7) is 4.03. The van der Waals surface area contributed by atoms with Gasteiger partial charge in [0.15, 0.2) is 0 Å². The molecule has 6 heteroatoms. The van der Waals surface area contributed by atoms with Gasteiger partial charge in [-0.1, -0.05) is 6.92 Å². The van der Waals surface area contributed by atoms with Gasteiger partial charge in [0, 0.05) is 10.3 Å². The zero-order valence-corrected chi connectivity index (χ0v) is 13.1. The van der Waals surface area contributed by atoms with E-state index >= 15 is 0 Å². The third kappa shape index (κ3) is 2.76. The largest absolute Gasteiger partial charge is 0.465 e. The summed E-state index contributed by atoms with van der Waals surface area (Å²) in [4.78, 5) is 25.0. The maximum atomic E-state index is 12.3. The summed E-state index contributed by atoms with van der Waals surface area (Å²) in [6, 6.07) is 1.64. The second-order valence-corrected chi connectivity index (χ2v) is 6.15. The second kappa shape index (κ2) is 6.19. The summed E-state index contributed by atoms with van der Waals surface area (Å²) in [7, 11) is 1.32. The summed E-state index contributed by atoms with van der Waals surface area (Å²) >= 11 is 2.87. The third-order valence-corrected chi connectivity index (χ3v) is 4.78. The number of nitrogens with one attached hydrogen (secondary N) is 1. The van der Waals surface area contributed by atoms with Crippen molar-refractivity contribution in [3.05, 3.63) is 38.4 Å². The molecule has 0 bridgehead atoms. The zero-order chi connectivity index (χ0) is 14.7. The van der Waals surface area contributed by atoms with Gasteiger partial charge in [-0.05, 0) is 30.4 Å². The fourth-order valence-corrected chi connectivity index (χ4v) is 3.67. The molecule has 0 aliphatic heterocycles. The van der Waals surface area contributed by atoms with Gasteiger partial charge >= 0.3 is 5.97 Å². The van der Waals surface area contributed by atoms with Crippen molar-refractivity contribution < 1.29 is 14.3 Å². The van der Waals surface area contributed by atoms with Crippen LogP contribution in [0.2, 0.25) is 0 Å². The van der Waals surface area contributed by atoms with Crippen LogP contribution in [0.25, 0.3) is 0 Å². The minimum absolute atomic E-state index is 0.182. The van der Waals surface area contributed by atoms with Crippen LogP contribution in [-0.2, 0) is 11.2 Å². The molecule has 0 atom stereocenters. The zero-order valence-electron chi connectivity index (χ0n) is 11.5. The van der Waals surface area contributed by atoms with Crippen molar-refractivity contribution in [2.45, 2.75) is 20.3 Å². The predicted octanol–water partition coefficient (Wildman–Crippen LogP) is 3.72. The molecule has 1 N–H and O–H groups in total. The van der Waals surface area contributed by atoms with E-state index in [2.05, 4.69) is 5.32 Å². The molecule has 2 heterocycles. The van der Waals surface area contributed by atoms with Gasteiger partial charge in [-0.2, -0.15) is 0 Å². The third-order valence-electron chi connectivity index (χ3n) is 3.00. The molecule has 1 amide bonds. The quantitative estimate of drug-likeness (QED) is 0.876. The number of carbonyl (C=O) groups is 2. The van der Waals surface area contributed by atoms with Crippen molar-refractivity contribution in [3.8, 4) is 0 Å². The first kappa shape index (κ1) is 14.7. The number of carbonyl (C=O) groups excluding carboxylic acids is 2. The molecule has 0 radical (unpaired) electrons. The molecule has 2 rings (SSSR count). The average Bonchev–Trinajstić information content (AvgIpc) is 3.04. The van der Waals surface area contributed by atoms with E-state index in [1.165, 1.54) is 18.4 Å². The molecule has 0 saturated carbocycles. The van der Waals surface area contributed by atoms with Crippen LogP contribution in [-0.4, -0.2) is 19.0 Å². The average molecular weight is 309 g/mol. The summed E-state index contributed by atoms with van der Waals surface area (Å²) in [6.07, 6.45) is 0.812. The Morgan fingerprint density at radius 2 is 2.05 bits per heavy atom. The molecule has 0 fully saturated rings. The van der Waals surface area contributed by atoms with E-state index in [0.29, 0.717) is 16.1 Å². The van der Waals surface area contributed by atoms with Crippen molar-refractivity contribution in [3.63, 3.8) is 0 Å². The Bertz CT molecular complexity index is 643. The summed E-state index contributed by atoms with van der Waals surface area (Å²) in [5, 5.41) is 6.92. The SMILES string of the molecule is CCc1c(C(=O)Nc2sccc2C(=O)OC)csc1C. The van der Waals surface area contributed by atoms with E-state index < -0.39 is 5.97 Å². The number of hydrogen-bond acceptors (Lipinski definition) is 5. The second-order valence-electron chi connectivity index (χ2n) is 4.15. The van der Waals surface area contributed by atoms with Gasteiger partial charge in [-0.3, -0.25) is 4.79 Å². The first-order valence-corrected chi connectivity index (χ1v) is 7.88. The lowest BCUT2D eigenvalue weighted by molar-refractivity contribution is 0.0602. The summed E-state index contributed by atoms with van der Waals surface area (Å²) in [5.41, 5.74) is 2.12. The summed E-state index contributed by atoms with van der Waals surface area (Å²) in [5.74, 6) is -0.627. The normalized spacial score (nSPS) is 10.3. The molecule has 0 saturated heterocycles. The number of esters is 1. The van der Waals surface area contributed by atoms with Crippen LogP contribution in [0.1, 0.15) is 38.1 Å². The van der Waals surface area contributed by atoms with Crippen molar-refractivity contribution >= 4 is 39.6 Å². The maximum Gasteiger partial charge on any atom is 0.340 e. The number of amides is 1. The number of methoxy groups -OCH3 is 1. The van der Waals surface area contributed by atoms with Gasteiger partial charge < -0.3 is 10.1 Å². The summed E-state index contributed by atoms with van der Waals surface area (Å²) < 4.78 is 4.69. The van der Waals surface area contributed by atoms with E-state index in [9.17, 15) is 9.59 Å². The lowest BCUT2D eigenvalue weighted by atomic mass is 10.1. The van der Waals surface area contributed by atoms with Crippen molar-refractivity contribution in [2.24, 2.45) is 0 Å². The van der Waals surface area contributed by atoms with Crippen molar-refractivity contribution in [1.29, 1.82) is 0 Å². The van der Waals surface area contributed by atoms with Gasteiger partial charge in [0.05, 0.1) is 18.2 Å². The highest BCUT2D eigenvalue weighted by Crippen LogP contribution is 2.27. The van der Waals surface area contributed by atoms with Crippen LogP contribution in [0, 0.1) is 6.92 Å². The van der Waals surface area contributed by atoms with Crippen LogP contribution >= 0.6 is 22.7 Å². The predicted molar refractivity (Wildman–Crippen MR) is 82.0 cm³/mol. The van der Waals surface area contributed by atoms with Crippen LogP contribution in [0.3, 0.4) is 0 Å². The highest BCUT2D eigenvalue weighted by molar-refractivity contribution is 7.14. The standard InChI is InChI=1S/C14H15NO3S2/c1-4-9-8(2)20-7-11(9)12(16)15-13-10(5-6-19-13)14(17)18-3/h5-7H,4H2,1-3H3,(H,15,16). The van der Waals surface area contributed by atoms with E-state index in [1.807, 2.05) is 19.2 Å². The fraction of sp³-hybridized carbons (Fsp3) is 0.286. The van der Waals surface area contributed by atoms with Gasteiger partial charge in [0.2, 0.25) is 0 Å².